The zero-order valence-electron chi connectivity index (χ0n) is 11.8. The summed E-state index contributed by atoms with van der Waals surface area (Å²) in [5, 5.41) is 9.48. The molecule has 2 atom stereocenters. The van der Waals surface area contributed by atoms with Crippen molar-refractivity contribution in [2.45, 2.75) is 25.8 Å². The topological polar surface area (TPSA) is 66.8 Å². The predicted octanol–water partition coefficient (Wildman–Crippen LogP) is 2.43. The second-order valence-electron chi connectivity index (χ2n) is 5.21. The summed E-state index contributed by atoms with van der Waals surface area (Å²) in [6.07, 6.45) is 0.963. The number of halogens is 1. The standard InChI is InChI=1S/C15H18ClNO4/c1-10-8-11(15(19)20)6-7-17(10)14(18)9-21-13-5-3-2-4-12(13)16/h2-5,10-11H,6-9H2,1H3,(H,19,20). The van der Waals surface area contributed by atoms with Crippen LogP contribution in [-0.4, -0.2) is 41.1 Å². The smallest absolute Gasteiger partial charge is 0.306 e. The van der Waals surface area contributed by atoms with Crippen LogP contribution in [0.3, 0.4) is 0 Å². The highest BCUT2D eigenvalue weighted by atomic mass is 35.5. The van der Waals surface area contributed by atoms with Gasteiger partial charge in [-0.05, 0) is 31.9 Å². The number of amides is 1. The highest BCUT2D eigenvalue weighted by Gasteiger charge is 2.32. The number of carboxylic acid groups (broad SMARTS) is 1. The van der Waals surface area contributed by atoms with Crippen LogP contribution >= 0.6 is 11.6 Å². The lowest BCUT2D eigenvalue weighted by molar-refractivity contribution is -0.148. The summed E-state index contributed by atoms with van der Waals surface area (Å²) in [5.41, 5.74) is 0. The first-order valence-electron chi connectivity index (χ1n) is 6.88. The number of ether oxygens (including phenoxy) is 1. The maximum atomic E-state index is 12.2. The van der Waals surface area contributed by atoms with Crippen LogP contribution in [0.2, 0.25) is 5.02 Å². The van der Waals surface area contributed by atoms with Crippen molar-refractivity contribution in [1.82, 2.24) is 4.90 Å². The van der Waals surface area contributed by atoms with Gasteiger partial charge < -0.3 is 14.7 Å². The number of hydrogen-bond acceptors (Lipinski definition) is 3. The third-order valence-corrected chi connectivity index (χ3v) is 4.05. The minimum atomic E-state index is -0.790. The Morgan fingerprint density at radius 2 is 2.14 bits per heavy atom. The molecule has 0 saturated carbocycles. The average Bonchev–Trinajstić information content (AvgIpc) is 2.46. The lowest BCUT2D eigenvalue weighted by Gasteiger charge is -2.36. The number of aliphatic carboxylic acids is 1. The molecule has 2 rings (SSSR count). The summed E-state index contributed by atoms with van der Waals surface area (Å²) >= 11 is 5.96. The third-order valence-electron chi connectivity index (χ3n) is 3.73. The van der Waals surface area contributed by atoms with Crippen molar-refractivity contribution in [3.05, 3.63) is 29.3 Å². The molecule has 1 saturated heterocycles. The minimum absolute atomic E-state index is 0.0915. The van der Waals surface area contributed by atoms with Gasteiger partial charge in [-0.2, -0.15) is 0 Å². The molecule has 1 N–H and O–H groups in total. The van der Waals surface area contributed by atoms with Crippen molar-refractivity contribution in [3.63, 3.8) is 0 Å². The number of rotatable bonds is 4. The maximum absolute atomic E-state index is 12.2. The van der Waals surface area contributed by atoms with E-state index in [0.717, 1.165) is 0 Å². The van der Waals surface area contributed by atoms with Gasteiger partial charge in [-0.15, -0.1) is 0 Å². The fourth-order valence-electron chi connectivity index (χ4n) is 2.55. The Bertz CT molecular complexity index is 534. The van der Waals surface area contributed by atoms with E-state index in [4.69, 9.17) is 21.4 Å². The van der Waals surface area contributed by atoms with Crippen LogP contribution in [0, 0.1) is 5.92 Å². The van der Waals surface area contributed by atoms with Crippen molar-refractivity contribution in [2.24, 2.45) is 5.92 Å². The van der Waals surface area contributed by atoms with Crippen LogP contribution in [0.1, 0.15) is 19.8 Å². The number of carboxylic acids is 1. The predicted molar refractivity (Wildman–Crippen MR) is 78.5 cm³/mol. The molecule has 0 radical (unpaired) electrons. The molecule has 1 fully saturated rings. The van der Waals surface area contributed by atoms with Gasteiger partial charge in [0.1, 0.15) is 5.75 Å². The van der Waals surface area contributed by atoms with Crippen LogP contribution in [-0.2, 0) is 9.59 Å². The second kappa shape index (κ2) is 6.80. The van der Waals surface area contributed by atoms with E-state index in [0.29, 0.717) is 30.2 Å². The van der Waals surface area contributed by atoms with Crippen LogP contribution in [0.4, 0.5) is 0 Å². The normalized spacial score (nSPS) is 21.9. The van der Waals surface area contributed by atoms with Gasteiger partial charge in [-0.3, -0.25) is 9.59 Å². The first-order valence-corrected chi connectivity index (χ1v) is 7.26. The van der Waals surface area contributed by atoms with E-state index in [1.165, 1.54) is 0 Å². The molecule has 1 aliphatic rings. The first-order chi connectivity index (χ1) is 9.99. The highest BCUT2D eigenvalue weighted by molar-refractivity contribution is 6.32. The SMILES string of the molecule is CC1CC(C(=O)O)CCN1C(=O)COc1ccccc1Cl. The van der Waals surface area contributed by atoms with Crippen molar-refractivity contribution >= 4 is 23.5 Å². The van der Waals surface area contributed by atoms with Gasteiger partial charge in [0.15, 0.2) is 6.61 Å². The fourth-order valence-corrected chi connectivity index (χ4v) is 2.74. The van der Waals surface area contributed by atoms with Crippen molar-refractivity contribution in [1.29, 1.82) is 0 Å². The summed E-state index contributed by atoms with van der Waals surface area (Å²) < 4.78 is 5.43. The number of carbonyl (C=O) groups excluding carboxylic acids is 1. The Balaban J connectivity index is 1.89. The van der Waals surface area contributed by atoms with E-state index in [2.05, 4.69) is 0 Å². The number of likely N-dealkylation sites (tertiary alicyclic amines) is 1. The second-order valence-corrected chi connectivity index (χ2v) is 5.62. The van der Waals surface area contributed by atoms with Gasteiger partial charge >= 0.3 is 5.97 Å². The largest absolute Gasteiger partial charge is 0.482 e. The van der Waals surface area contributed by atoms with Crippen LogP contribution in [0.25, 0.3) is 0 Å². The van der Waals surface area contributed by atoms with Gasteiger partial charge in [0, 0.05) is 12.6 Å². The Kier molecular flexibility index (Phi) is 5.07. The fraction of sp³-hybridized carbons (Fsp3) is 0.467. The minimum Gasteiger partial charge on any atom is -0.482 e. The van der Waals surface area contributed by atoms with E-state index in [1.807, 2.05) is 6.92 Å². The third kappa shape index (κ3) is 3.88. The summed E-state index contributed by atoms with van der Waals surface area (Å²) in [6.45, 7) is 2.22. The van der Waals surface area contributed by atoms with Gasteiger partial charge in [-0.1, -0.05) is 23.7 Å². The summed E-state index contributed by atoms with van der Waals surface area (Å²) in [5.74, 6) is -0.832. The van der Waals surface area contributed by atoms with E-state index in [1.54, 1.807) is 29.2 Å². The zero-order valence-corrected chi connectivity index (χ0v) is 12.5. The lowest BCUT2D eigenvalue weighted by atomic mass is 9.92. The van der Waals surface area contributed by atoms with Gasteiger partial charge in [0.2, 0.25) is 0 Å². The number of para-hydroxylation sites is 1. The Labute approximate surface area is 128 Å². The quantitative estimate of drug-likeness (QED) is 0.927. The monoisotopic (exact) mass is 311 g/mol. The first kappa shape index (κ1) is 15.6. The average molecular weight is 312 g/mol. The number of benzene rings is 1. The molecule has 2 unspecified atom stereocenters. The molecule has 0 aromatic heterocycles. The van der Waals surface area contributed by atoms with E-state index in [-0.39, 0.29) is 24.5 Å². The highest BCUT2D eigenvalue weighted by Crippen LogP contribution is 2.25. The Morgan fingerprint density at radius 3 is 2.76 bits per heavy atom. The summed E-state index contributed by atoms with van der Waals surface area (Å²) in [4.78, 5) is 24.8. The summed E-state index contributed by atoms with van der Waals surface area (Å²) in [6, 6.07) is 6.88. The number of carbonyl (C=O) groups is 2. The molecule has 114 valence electrons. The molecular formula is C15H18ClNO4. The number of piperidine rings is 1. The maximum Gasteiger partial charge on any atom is 0.306 e. The zero-order chi connectivity index (χ0) is 15.4. The number of hydrogen-bond donors (Lipinski definition) is 1. The van der Waals surface area contributed by atoms with Gasteiger partial charge in [0.25, 0.3) is 5.91 Å². The lowest BCUT2D eigenvalue weighted by Crippen LogP contribution is -2.47. The molecule has 5 nitrogen and oxygen atoms in total. The molecule has 6 heteroatoms. The molecule has 1 aromatic carbocycles. The molecule has 0 bridgehead atoms. The summed E-state index contributed by atoms with van der Waals surface area (Å²) in [7, 11) is 0. The Morgan fingerprint density at radius 1 is 1.43 bits per heavy atom. The van der Waals surface area contributed by atoms with Crippen LogP contribution in [0.15, 0.2) is 24.3 Å². The molecule has 1 aliphatic heterocycles. The van der Waals surface area contributed by atoms with Crippen LogP contribution < -0.4 is 4.74 Å². The molecule has 1 amide bonds. The van der Waals surface area contributed by atoms with Crippen molar-refractivity contribution in [3.8, 4) is 5.75 Å². The Hall–Kier alpha value is -1.75. The molecule has 1 aromatic rings. The van der Waals surface area contributed by atoms with Crippen molar-refractivity contribution in [2.75, 3.05) is 13.2 Å². The van der Waals surface area contributed by atoms with Crippen LogP contribution in [0.5, 0.6) is 5.75 Å². The van der Waals surface area contributed by atoms with Gasteiger partial charge in [-0.25, -0.2) is 0 Å². The molecule has 1 heterocycles. The molecule has 21 heavy (non-hydrogen) atoms. The van der Waals surface area contributed by atoms with E-state index >= 15 is 0 Å². The molecule has 0 spiro atoms. The number of nitrogens with zero attached hydrogens (tertiary/aromatic N) is 1. The molecular weight excluding hydrogens is 294 g/mol. The van der Waals surface area contributed by atoms with E-state index < -0.39 is 5.97 Å². The van der Waals surface area contributed by atoms with E-state index in [9.17, 15) is 9.59 Å². The van der Waals surface area contributed by atoms with Crippen molar-refractivity contribution < 1.29 is 19.4 Å². The molecule has 0 aliphatic carbocycles. The van der Waals surface area contributed by atoms with Gasteiger partial charge in [0.05, 0.1) is 10.9 Å².